The molecule has 1 aromatic heterocycles. The molecule has 2 aromatic rings. The van der Waals surface area contributed by atoms with Gasteiger partial charge in [-0.05, 0) is 5.56 Å². The van der Waals surface area contributed by atoms with E-state index in [1.54, 1.807) is 0 Å². The molecule has 1 saturated heterocycles. The van der Waals surface area contributed by atoms with Gasteiger partial charge in [-0.3, -0.25) is 0 Å². The molecule has 0 bridgehead atoms. The first kappa shape index (κ1) is 17.0. The SMILES string of the molecule is Cl.OC1CNCC1CNCc1nccn1Cc1ccccc1. The van der Waals surface area contributed by atoms with Crippen LogP contribution in [-0.4, -0.2) is 40.4 Å². The second kappa shape index (κ2) is 8.29. The molecular formula is C16H23ClN4O. The van der Waals surface area contributed by atoms with Gasteiger partial charge in [-0.1, -0.05) is 30.3 Å². The molecule has 1 fully saturated rings. The summed E-state index contributed by atoms with van der Waals surface area (Å²) >= 11 is 0. The van der Waals surface area contributed by atoms with E-state index in [1.165, 1.54) is 5.56 Å². The zero-order valence-corrected chi connectivity index (χ0v) is 13.3. The molecule has 0 radical (unpaired) electrons. The predicted molar refractivity (Wildman–Crippen MR) is 89.1 cm³/mol. The van der Waals surface area contributed by atoms with Crippen molar-refractivity contribution < 1.29 is 5.11 Å². The highest BCUT2D eigenvalue weighted by Gasteiger charge is 2.24. The molecule has 2 unspecified atom stereocenters. The number of aliphatic hydroxyl groups excluding tert-OH is 1. The van der Waals surface area contributed by atoms with Crippen molar-refractivity contribution in [3.63, 3.8) is 0 Å². The van der Waals surface area contributed by atoms with Crippen molar-refractivity contribution in [2.45, 2.75) is 19.2 Å². The van der Waals surface area contributed by atoms with Gasteiger partial charge in [-0.15, -0.1) is 12.4 Å². The molecule has 2 atom stereocenters. The van der Waals surface area contributed by atoms with Crippen LogP contribution in [0.5, 0.6) is 0 Å². The first-order valence-electron chi connectivity index (χ1n) is 7.46. The number of nitrogens with zero attached hydrogens (tertiary/aromatic N) is 2. The van der Waals surface area contributed by atoms with Crippen molar-refractivity contribution in [2.24, 2.45) is 5.92 Å². The fourth-order valence-corrected chi connectivity index (χ4v) is 2.73. The lowest BCUT2D eigenvalue weighted by atomic mass is 10.1. The summed E-state index contributed by atoms with van der Waals surface area (Å²) in [6.07, 6.45) is 3.61. The Labute approximate surface area is 137 Å². The van der Waals surface area contributed by atoms with E-state index in [0.29, 0.717) is 12.5 Å². The normalized spacial score (nSPS) is 20.8. The third-order valence-corrected chi connectivity index (χ3v) is 3.99. The molecular weight excluding hydrogens is 300 g/mol. The first-order valence-corrected chi connectivity index (χ1v) is 7.46. The molecule has 1 aromatic carbocycles. The molecule has 120 valence electrons. The molecule has 3 rings (SSSR count). The smallest absolute Gasteiger partial charge is 0.122 e. The second-order valence-corrected chi connectivity index (χ2v) is 5.57. The van der Waals surface area contributed by atoms with E-state index >= 15 is 0 Å². The molecule has 22 heavy (non-hydrogen) atoms. The van der Waals surface area contributed by atoms with Crippen LogP contribution < -0.4 is 10.6 Å². The van der Waals surface area contributed by atoms with Gasteiger partial charge >= 0.3 is 0 Å². The van der Waals surface area contributed by atoms with Crippen molar-refractivity contribution in [2.75, 3.05) is 19.6 Å². The average Bonchev–Trinajstić information content (AvgIpc) is 3.10. The maximum atomic E-state index is 9.77. The molecule has 3 N–H and O–H groups in total. The highest BCUT2D eigenvalue weighted by atomic mass is 35.5. The Balaban J connectivity index is 0.00000176. The van der Waals surface area contributed by atoms with E-state index in [1.807, 2.05) is 18.5 Å². The standard InChI is InChI=1S/C16H22N4O.ClH/c21-15-10-17-8-14(15)9-18-11-16-19-6-7-20(16)12-13-4-2-1-3-5-13;/h1-7,14-15,17-18,21H,8-12H2;1H. The topological polar surface area (TPSA) is 62.1 Å². The van der Waals surface area contributed by atoms with Crippen LogP contribution in [0.15, 0.2) is 42.7 Å². The number of hydrogen-bond donors (Lipinski definition) is 3. The van der Waals surface area contributed by atoms with Crippen LogP contribution in [0.25, 0.3) is 0 Å². The van der Waals surface area contributed by atoms with E-state index in [0.717, 1.165) is 32.0 Å². The molecule has 1 aliphatic rings. The van der Waals surface area contributed by atoms with Crippen molar-refractivity contribution in [3.8, 4) is 0 Å². The molecule has 6 heteroatoms. The fourth-order valence-electron chi connectivity index (χ4n) is 2.73. The van der Waals surface area contributed by atoms with Gasteiger partial charge in [-0.2, -0.15) is 0 Å². The number of aliphatic hydroxyl groups is 1. The monoisotopic (exact) mass is 322 g/mol. The summed E-state index contributed by atoms with van der Waals surface area (Å²) in [6.45, 7) is 3.96. The fraction of sp³-hybridized carbons (Fsp3) is 0.438. The largest absolute Gasteiger partial charge is 0.391 e. The summed E-state index contributed by atoms with van der Waals surface area (Å²) in [5.41, 5.74) is 1.27. The number of β-amino-alcohol motifs (C(OH)–C–C–N with tert-alkyl or cyclic N) is 1. The Bertz CT molecular complexity index is 560. The van der Waals surface area contributed by atoms with Crippen LogP contribution in [0, 0.1) is 5.92 Å². The van der Waals surface area contributed by atoms with Gasteiger partial charge in [0, 0.05) is 44.5 Å². The molecule has 0 saturated carbocycles. The van der Waals surface area contributed by atoms with Gasteiger partial charge < -0.3 is 20.3 Å². The zero-order chi connectivity index (χ0) is 14.5. The number of aromatic nitrogens is 2. The minimum atomic E-state index is -0.235. The quantitative estimate of drug-likeness (QED) is 0.743. The summed E-state index contributed by atoms with van der Waals surface area (Å²) < 4.78 is 2.16. The number of imidazole rings is 1. The third kappa shape index (κ3) is 4.30. The Morgan fingerprint density at radius 1 is 1.27 bits per heavy atom. The number of hydrogen-bond acceptors (Lipinski definition) is 4. The van der Waals surface area contributed by atoms with Crippen molar-refractivity contribution in [1.82, 2.24) is 20.2 Å². The van der Waals surface area contributed by atoms with Gasteiger partial charge in [0.1, 0.15) is 5.82 Å². The van der Waals surface area contributed by atoms with Gasteiger partial charge in [-0.25, -0.2) is 4.98 Å². The van der Waals surface area contributed by atoms with Crippen LogP contribution in [-0.2, 0) is 13.1 Å². The van der Waals surface area contributed by atoms with Gasteiger partial charge in [0.25, 0.3) is 0 Å². The van der Waals surface area contributed by atoms with E-state index in [4.69, 9.17) is 0 Å². The average molecular weight is 323 g/mol. The Morgan fingerprint density at radius 2 is 2.09 bits per heavy atom. The predicted octanol–water partition coefficient (Wildman–Crippen LogP) is 1.02. The number of nitrogens with one attached hydrogen (secondary N) is 2. The summed E-state index contributed by atoms with van der Waals surface area (Å²) in [4.78, 5) is 4.42. The maximum Gasteiger partial charge on any atom is 0.122 e. The van der Waals surface area contributed by atoms with Gasteiger partial charge in [0.15, 0.2) is 0 Å². The van der Waals surface area contributed by atoms with E-state index in [-0.39, 0.29) is 18.5 Å². The minimum Gasteiger partial charge on any atom is -0.391 e. The highest BCUT2D eigenvalue weighted by molar-refractivity contribution is 5.85. The minimum absolute atomic E-state index is 0. The van der Waals surface area contributed by atoms with E-state index < -0.39 is 0 Å². The Morgan fingerprint density at radius 3 is 2.82 bits per heavy atom. The molecule has 0 amide bonds. The summed E-state index contributed by atoms with van der Waals surface area (Å²) in [5.74, 6) is 1.32. The molecule has 5 nitrogen and oxygen atoms in total. The number of benzene rings is 1. The maximum absolute atomic E-state index is 9.77. The summed E-state index contributed by atoms with van der Waals surface area (Å²) in [5, 5.41) is 16.4. The number of rotatable bonds is 6. The lowest BCUT2D eigenvalue weighted by Crippen LogP contribution is -2.30. The lowest BCUT2D eigenvalue weighted by Gasteiger charge is -2.14. The van der Waals surface area contributed by atoms with Crippen LogP contribution in [0.2, 0.25) is 0 Å². The van der Waals surface area contributed by atoms with Crippen LogP contribution in [0.4, 0.5) is 0 Å². The van der Waals surface area contributed by atoms with Gasteiger partial charge in [0.2, 0.25) is 0 Å². The summed E-state index contributed by atoms with van der Waals surface area (Å²) in [7, 11) is 0. The Hall–Kier alpha value is -1.40. The van der Waals surface area contributed by atoms with Crippen molar-refractivity contribution in [1.29, 1.82) is 0 Å². The van der Waals surface area contributed by atoms with Crippen LogP contribution >= 0.6 is 12.4 Å². The highest BCUT2D eigenvalue weighted by Crippen LogP contribution is 2.08. The second-order valence-electron chi connectivity index (χ2n) is 5.57. The van der Waals surface area contributed by atoms with Crippen LogP contribution in [0.3, 0.4) is 0 Å². The van der Waals surface area contributed by atoms with E-state index in [9.17, 15) is 5.11 Å². The lowest BCUT2D eigenvalue weighted by molar-refractivity contribution is 0.146. The van der Waals surface area contributed by atoms with Gasteiger partial charge in [0.05, 0.1) is 12.6 Å². The molecule has 2 heterocycles. The van der Waals surface area contributed by atoms with Crippen molar-refractivity contribution >= 4 is 12.4 Å². The third-order valence-electron chi connectivity index (χ3n) is 3.99. The zero-order valence-electron chi connectivity index (χ0n) is 12.5. The molecule has 0 spiro atoms. The summed E-state index contributed by atoms with van der Waals surface area (Å²) in [6, 6.07) is 10.4. The molecule has 1 aliphatic heterocycles. The Kier molecular flexibility index (Phi) is 6.39. The number of halogens is 1. The molecule has 0 aliphatic carbocycles. The van der Waals surface area contributed by atoms with Crippen LogP contribution in [0.1, 0.15) is 11.4 Å². The van der Waals surface area contributed by atoms with Crippen molar-refractivity contribution in [3.05, 3.63) is 54.1 Å². The first-order chi connectivity index (χ1) is 10.3. The van der Waals surface area contributed by atoms with E-state index in [2.05, 4.69) is 44.5 Å².